The first-order chi connectivity index (χ1) is 27.6. The van der Waals surface area contributed by atoms with Crippen LogP contribution >= 0.6 is 0 Å². The molecule has 1 aliphatic rings. The van der Waals surface area contributed by atoms with Crippen molar-refractivity contribution in [3.63, 3.8) is 0 Å². The van der Waals surface area contributed by atoms with Gasteiger partial charge in [0.05, 0.1) is 55.9 Å². The molecule has 5 aromatic rings. The number of carbonyl (C=O) groups is 1. The first-order valence-corrected chi connectivity index (χ1v) is 19.1. The van der Waals surface area contributed by atoms with E-state index in [9.17, 15) is 27.9 Å². The van der Waals surface area contributed by atoms with Gasteiger partial charge in [-0.05, 0) is 74.1 Å². The summed E-state index contributed by atoms with van der Waals surface area (Å²) in [6.45, 7) is 9.29. The number of aliphatic hydroxyl groups excluding tert-OH is 1. The molecule has 0 aliphatic carbocycles. The fraction of sp³-hybridized carbons (Fsp3) is 0.463. The molecule has 14 nitrogen and oxygen atoms in total. The van der Waals surface area contributed by atoms with Gasteiger partial charge in [-0.2, -0.15) is 13.2 Å². The fourth-order valence-electron chi connectivity index (χ4n) is 6.69. The molecule has 0 unspecified atom stereocenters. The summed E-state index contributed by atoms with van der Waals surface area (Å²) in [5.74, 6) is 0.280. The van der Waals surface area contributed by atoms with Crippen LogP contribution in [-0.4, -0.2) is 91.0 Å². The second-order valence-electron chi connectivity index (χ2n) is 15.3. The van der Waals surface area contributed by atoms with E-state index in [4.69, 9.17) is 18.9 Å². The summed E-state index contributed by atoms with van der Waals surface area (Å²) in [5, 5.41) is 21.2. The Bertz CT molecular complexity index is 2190. The lowest BCUT2D eigenvalue weighted by molar-refractivity contribution is -0.136. The number of benzene rings is 2. The molecule has 2 aromatic carbocycles. The van der Waals surface area contributed by atoms with Gasteiger partial charge in [-0.1, -0.05) is 36.4 Å². The molecule has 1 saturated heterocycles. The number of hydrogen-bond donors (Lipinski definition) is 2. The average molecular weight is 810 g/mol. The van der Waals surface area contributed by atoms with E-state index in [1.165, 1.54) is 18.7 Å². The lowest BCUT2D eigenvalue weighted by Gasteiger charge is -2.32. The molecule has 3 aromatic heterocycles. The summed E-state index contributed by atoms with van der Waals surface area (Å²) < 4.78 is 69.7. The van der Waals surface area contributed by atoms with Gasteiger partial charge in [0.2, 0.25) is 0 Å². The average Bonchev–Trinajstić information content (AvgIpc) is 3.76. The van der Waals surface area contributed by atoms with Gasteiger partial charge in [0.15, 0.2) is 5.82 Å². The van der Waals surface area contributed by atoms with Crippen LogP contribution in [0.4, 0.5) is 18.0 Å². The number of halogens is 3. The molecule has 1 atom stereocenters. The lowest BCUT2D eigenvalue weighted by atomic mass is 10.1. The summed E-state index contributed by atoms with van der Waals surface area (Å²) in [4.78, 5) is 27.4. The monoisotopic (exact) mass is 809 g/mol. The van der Waals surface area contributed by atoms with Gasteiger partial charge >= 0.3 is 18.0 Å². The Labute approximate surface area is 334 Å². The highest BCUT2D eigenvalue weighted by atomic mass is 19.4. The quantitative estimate of drug-likeness (QED) is 0.122. The highest BCUT2D eigenvalue weighted by molar-refractivity contribution is 5.67. The van der Waals surface area contributed by atoms with Crippen LogP contribution < -0.4 is 11.0 Å². The summed E-state index contributed by atoms with van der Waals surface area (Å²) in [6, 6.07) is 15.4. The summed E-state index contributed by atoms with van der Waals surface area (Å²) in [6.07, 6.45) is -0.807. The molecule has 6 rings (SSSR count). The first-order valence-electron chi connectivity index (χ1n) is 19.1. The van der Waals surface area contributed by atoms with Crippen molar-refractivity contribution < 1.29 is 42.0 Å². The lowest BCUT2D eigenvalue weighted by Crippen LogP contribution is -2.37. The normalized spacial score (nSPS) is 14.9. The number of alkyl halides is 3. The Morgan fingerprint density at radius 1 is 0.948 bits per heavy atom. The number of fused-ring (bicyclic) bond motifs is 1. The maximum Gasteiger partial charge on any atom is 0.418 e. The topological polar surface area (TPSA) is 147 Å². The first kappa shape index (κ1) is 42.5. The SMILES string of the molecule is Cn1cnnc1[C@H](O)c1cccc(-n2cc3c(C(F)(F)F)cc(CN4CCC(OCCOCc5ccc(COCCNC(=O)OC(C)(C)C)cc5)CC4)cn3c2=O)c1. The van der Waals surface area contributed by atoms with Crippen molar-refractivity contribution in [1.29, 1.82) is 0 Å². The van der Waals surface area contributed by atoms with Crippen LogP contribution in [-0.2, 0) is 51.9 Å². The smallest absolute Gasteiger partial charge is 0.418 e. The molecule has 17 heteroatoms. The number of carbonyl (C=O) groups excluding carboxylic acids is 1. The highest BCUT2D eigenvalue weighted by Crippen LogP contribution is 2.34. The van der Waals surface area contributed by atoms with E-state index in [1.54, 1.807) is 56.7 Å². The Kier molecular flexibility index (Phi) is 13.7. The minimum Gasteiger partial charge on any atom is -0.444 e. The third kappa shape index (κ3) is 11.3. The van der Waals surface area contributed by atoms with E-state index in [1.807, 2.05) is 24.3 Å². The number of pyridine rings is 1. The Hall–Kier alpha value is -5.07. The molecular weight excluding hydrogens is 759 g/mol. The Morgan fingerprint density at radius 3 is 2.28 bits per heavy atom. The van der Waals surface area contributed by atoms with Crippen LogP contribution in [0.3, 0.4) is 0 Å². The van der Waals surface area contributed by atoms with E-state index in [0.29, 0.717) is 82.3 Å². The second kappa shape index (κ2) is 18.7. The van der Waals surface area contributed by atoms with Crippen LogP contribution in [0, 0.1) is 0 Å². The van der Waals surface area contributed by atoms with Crippen molar-refractivity contribution in [1.82, 2.24) is 33.9 Å². The summed E-state index contributed by atoms with van der Waals surface area (Å²) in [5.41, 5.74) is 0.711. The number of nitrogens with one attached hydrogen (secondary N) is 1. The van der Waals surface area contributed by atoms with Gasteiger partial charge < -0.3 is 33.9 Å². The molecule has 0 radical (unpaired) electrons. The van der Waals surface area contributed by atoms with Gasteiger partial charge in [0.1, 0.15) is 18.0 Å². The second-order valence-corrected chi connectivity index (χ2v) is 15.3. The van der Waals surface area contributed by atoms with Crippen molar-refractivity contribution in [3.8, 4) is 5.69 Å². The van der Waals surface area contributed by atoms with Gasteiger partial charge in [-0.3, -0.25) is 13.9 Å². The molecule has 1 aliphatic heterocycles. The maximum atomic E-state index is 14.4. The molecule has 58 heavy (non-hydrogen) atoms. The summed E-state index contributed by atoms with van der Waals surface area (Å²) in [7, 11) is 1.68. The van der Waals surface area contributed by atoms with E-state index in [-0.39, 0.29) is 24.0 Å². The van der Waals surface area contributed by atoms with Crippen molar-refractivity contribution >= 4 is 11.6 Å². The molecule has 1 fully saturated rings. The summed E-state index contributed by atoms with van der Waals surface area (Å²) >= 11 is 0. The fourth-order valence-corrected chi connectivity index (χ4v) is 6.69. The van der Waals surface area contributed by atoms with Crippen molar-refractivity contribution in [3.05, 3.63) is 117 Å². The third-order valence-electron chi connectivity index (χ3n) is 9.58. The molecule has 312 valence electrons. The zero-order valence-corrected chi connectivity index (χ0v) is 33.1. The van der Waals surface area contributed by atoms with E-state index in [2.05, 4.69) is 20.4 Å². The largest absolute Gasteiger partial charge is 0.444 e. The van der Waals surface area contributed by atoms with Gasteiger partial charge in [0, 0.05) is 45.6 Å². The Balaban J connectivity index is 0.949. The number of hydrogen-bond acceptors (Lipinski definition) is 10. The zero-order valence-electron chi connectivity index (χ0n) is 33.1. The molecule has 0 saturated carbocycles. The molecule has 0 spiro atoms. The number of nitrogens with zero attached hydrogens (tertiary/aromatic N) is 6. The molecule has 2 N–H and O–H groups in total. The van der Waals surface area contributed by atoms with E-state index >= 15 is 0 Å². The molecule has 1 amide bonds. The van der Waals surface area contributed by atoms with E-state index in [0.717, 1.165) is 26.2 Å². The van der Waals surface area contributed by atoms with Crippen LogP contribution in [0.2, 0.25) is 0 Å². The number of aliphatic hydroxyl groups is 1. The van der Waals surface area contributed by atoms with Crippen LogP contribution in [0.5, 0.6) is 0 Å². The van der Waals surface area contributed by atoms with Crippen molar-refractivity contribution in [2.75, 3.05) is 39.5 Å². The van der Waals surface area contributed by atoms with Crippen LogP contribution in [0.1, 0.15) is 73.4 Å². The van der Waals surface area contributed by atoms with Gasteiger partial charge in [-0.15, -0.1) is 10.2 Å². The van der Waals surface area contributed by atoms with Crippen molar-refractivity contribution in [2.24, 2.45) is 7.05 Å². The standard InChI is InChI=1S/C41H50F3N7O7/c1-40(2,3)58-38(53)45-14-17-55-25-28-8-10-29(11-9-28)26-56-18-19-57-33-12-15-49(16-13-33)22-30-20-34(41(42,43)44)35-24-50(39(54)51(35)23-30)32-7-5-6-31(21-32)36(52)37-47-46-27-48(37)4/h5-11,20-21,23-24,27,33,36,52H,12-19,22,25-26H2,1-4H3,(H,45,53)/t36-/m1/s1. The highest BCUT2D eigenvalue weighted by Gasteiger charge is 2.35. The number of likely N-dealkylation sites (tertiary alicyclic amines) is 1. The number of aromatic nitrogens is 5. The number of imidazole rings is 1. The van der Waals surface area contributed by atoms with Crippen LogP contribution in [0.15, 0.2) is 78.1 Å². The number of aryl methyl sites for hydroxylation is 1. The molecular formula is C41H50F3N7O7. The number of amides is 1. The number of rotatable bonds is 16. The van der Waals surface area contributed by atoms with Gasteiger partial charge in [0.25, 0.3) is 0 Å². The zero-order chi connectivity index (χ0) is 41.5. The number of ether oxygens (including phenoxy) is 4. The molecule has 0 bridgehead atoms. The van der Waals surface area contributed by atoms with Crippen LogP contribution in [0.25, 0.3) is 11.2 Å². The van der Waals surface area contributed by atoms with E-state index < -0.39 is 35.2 Å². The molecule has 4 heterocycles. The number of piperidine rings is 1. The van der Waals surface area contributed by atoms with Crippen molar-refractivity contribution in [2.45, 2.75) is 77.4 Å². The number of alkyl carbamates (subject to hydrolysis) is 1. The maximum absolute atomic E-state index is 14.4. The minimum absolute atomic E-state index is 0.00582. The Morgan fingerprint density at radius 2 is 1.64 bits per heavy atom. The predicted octanol–water partition coefficient (Wildman–Crippen LogP) is 5.56. The minimum atomic E-state index is -4.70. The third-order valence-corrected chi connectivity index (χ3v) is 9.58. The predicted molar refractivity (Wildman–Crippen MR) is 207 cm³/mol. The van der Waals surface area contributed by atoms with Gasteiger partial charge in [-0.25, -0.2) is 9.59 Å².